The summed E-state index contributed by atoms with van der Waals surface area (Å²) in [6, 6.07) is 12.5. The first-order valence-corrected chi connectivity index (χ1v) is 9.89. The summed E-state index contributed by atoms with van der Waals surface area (Å²) in [6.45, 7) is 1.86. The third-order valence-electron chi connectivity index (χ3n) is 5.39. The van der Waals surface area contributed by atoms with Crippen molar-refractivity contribution in [1.29, 1.82) is 0 Å². The van der Waals surface area contributed by atoms with Crippen molar-refractivity contribution in [3.05, 3.63) is 64.2 Å². The van der Waals surface area contributed by atoms with Crippen molar-refractivity contribution in [3.8, 4) is 5.75 Å². The fourth-order valence-electron chi connectivity index (χ4n) is 3.89. The van der Waals surface area contributed by atoms with Crippen molar-refractivity contribution in [2.75, 3.05) is 13.2 Å². The second kappa shape index (κ2) is 8.76. The average molecular weight is 411 g/mol. The lowest BCUT2D eigenvalue weighted by Crippen LogP contribution is -2.45. The quantitative estimate of drug-likeness (QED) is 0.718. The standard InChI is InChI=1S/C22H25ClF2O3/c1-2-28-19-6-3-14(4-7-19)9-16-10-15(5-8-21(16)23)20-12-18(27)11-17(13-26)22(20,24)25/h3-8,10,17-18,20,26-27H,2,9,11-13H2,1H3. The molecule has 0 amide bonds. The SMILES string of the molecule is CCOc1ccc(Cc2cc(C3CC(O)CC(CO)C3(F)F)ccc2Cl)cc1. The smallest absolute Gasteiger partial charge is 0.260 e. The Morgan fingerprint density at radius 2 is 1.86 bits per heavy atom. The Hall–Kier alpha value is -1.69. The highest BCUT2D eigenvalue weighted by Gasteiger charge is 2.52. The van der Waals surface area contributed by atoms with Crippen LogP contribution in [0.5, 0.6) is 5.75 Å². The van der Waals surface area contributed by atoms with Crippen molar-refractivity contribution in [3.63, 3.8) is 0 Å². The largest absolute Gasteiger partial charge is 0.494 e. The molecule has 1 saturated carbocycles. The van der Waals surface area contributed by atoms with Gasteiger partial charge in [0.2, 0.25) is 0 Å². The number of ether oxygens (including phenoxy) is 1. The van der Waals surface area contributed by atoms with E-state index in [0.717, 1.165) is 16.9 Å². The van der Waals surface area contributed by atoms with Crippen molar-refractivity contribution in [2.45, 2.75) is 44.1 Å². The molecule has 0 aliphatic heterocycles. The van der Waals surface area contributed by atoms with Gasteiger partial charge < -0.3 is 14.9 Å². The minimum absolute atomic E-state index is 0.0341. The normalized spacial score (nSPS) is 24.1. The zero-order valence-corrected chi connectivity index (χ0v) is 16.5. The summed E-state index contributed by atoms with van der Waals surface area (Å²) in [5.74, 6) is -4.70. The lowest BCUT2D eigenvalue weighted by molar-refractivity contribution is -0.142. The van der Waals surface area contributed by atoms with Gasteiger partial charge in [0.05, 0.1) is 25.2 Å². The van der Waals surface area contributed by atoms with Gasteiger partial charge in [-0.15, -0.1) is 0 Å². The molecule has 1 aliphatic rings. The first kappa shape index (κ1) is 21.0. The van der Waals surface area contributed by atoms with Gasteiger partial charge >= 0.3 is 0 Å². The highest BCUT2D eigenvalue weighted by Crippen LogP contribution is 2.48. The Balaban J connectivity index is 1.86. The predicted molar refractivity (Wildman–Crippen MR) is 105 cm³/mol. The van der Waals surface area contributed by atoms with Gasteiger partial charge in [-0.2, -0.15) is 0 Å². The summed E-state index contributed by atoms with van der Waals surface area (Å²) >= 11 is 6.32. The minimum atomic E-state index is -3.09. The molecule has 3 atom stereocenters. The molecule has 0 bridgehead atoms. The van der Waals surface area contributed by atoms with Crippen LogP contribution in [0.2, 0.25) is 5.02 Å². The molecule has 1 aliphatic carbocycles. The van der Waals surface area contributed by atoms with Gasteiger partial charge in [0.1, 0.15) is 5.75 Å². The Labute approximate surface area is 168 Å². The van der Waals surface area contributed by atoms with E-state index in [4.69, 9.17) is 16.3 Å². The molecule has 28 heavy (non-hydrogen) atoms. The second-order valence-electron chi connectivity index (χ2n) is 7.34. The van der Waals surface area contributed by atoms with E-state index in [9.17, 15) is 19.0 Å². The Morgan fingerprint density at radius 1 is 1.14 bits per heavy atom. The topological polar surface area (TPSA) is 49.7 Å². The second-order valence-corrected chi connectivity index (χ2v) is 7.74. The summed E-state index contributed by atoms with van der Waals surface area (Å²) in [6.07, 6.45) is -0.476. The van der Waals surface area contributed by atoms with Crippen LogP contribution < -0.4 is 4.74 Å². The number of aliphatic hydroxyl groups excluding tert-OH is 2. The van der Waals surface area contributed by atoms with Crippen LogP contribution in [0.3, 0.4) is 0 Å². The van der Waals surface area contributed by atoms with E-state index >= 15 is 0 Å². The molecule has 1 fully saturated rings. The van der Waals surface area contributed by atoms with Crippen molar-refractivity contribution in [2.24, 2.45) is 5.92 Å². The fourth-order valence-corrected chi connectivity index (χ4v) is 4.07. The molecule has 0 radical (unpaired) electrons. The minimum Gasteiger partial charge on any atom is -0.494 e. The number of benzene rings is 2. The number of hydrogen-bond acceptors (Lipinski definition) is 3. The molecule has 152 valence electrons. The Morgan fingerprint density at radius 3 is 2.50 bits per heavy atom. The predicted octanol–water partition coefficient (Wildman–Crippen LogP) is 4.81. The van der Waals surface area contributed by atoms with Crippen LogP contribution in [0.1, 0.15) is 42.4 Å². The molecule has 2 aromatic carbocycles. The fraction of sp³-hybridized carbons (Fsp3) is 0.455. The van der Waals surface area contributed by atoms with E-state index in [1.54, 1.807) is 18.2 Å². The molecule has 0 saturated heterocycles. The van der Waals surface area contributed by atoms with Crippen LogP contribution in [0.15, 0.2) is 42.5 Å². The van der Waals surface area contributed by atoms with E-state index in [0.29, 0.717) is 23.6 Å². The maximum absolute atomic E-state index is 14.9. The van der Waals surface area contributed by atoms with Gasteiger partial charge in [0.15, 0.2) is 0 Å². The third kappa shape index (κ3) is 4.48. The van der Waals surface area contributed by atoms with Gasteiger partial charge in [-0.05, 0) is 61.1 Å². The third-order valence-corrected chi connectivity index (χ3v) is 5.76. The van der Waals surface area contributed by atoms with Crippen LogP contribution in [0.4, 0.5) is 8.78 Å². The Bertz CT molecular complexity index is 795. The molecule has 6 heteroatoms. The highest BCUT2D eigenvalue weighted by molar-refractivity contribution is 6.31. The van der Waals surface area contributed by atoms with Crippen LogP contribution >= 0.6 is 11.6 Å². The Kier molecular flexibility index (Phi) is 6.58. The van der Waals surface area contributed by atoms with E-state index in [1.165, 1.54) is 0 Å². The molecular weight excluding hydrogens is 386 g/mol. The van der Waals surface area contributed by atoms with Gasteiger partial charge in [-0.25, -0.2) is 8.78 Å². The number of halogens is 3. The number of alkyl halides is 2. The van der Waals surface area contributed by atoms with Crippen LogP contribution in [0, 0.1) is 5.92 Å². The van der Waals surface area contributed by atoms with E-state index in [-0.39, 0.29) is 12.8 Å². The maximum Gasteiger partial charge on any atom is 0.260 e. The average Bonchev–Trinajstić information content (AvgIpc) is 2.67. The van der Waals surface area contributed by atoms with Gasteiger partial charge in [0, 0.05) is 10.9 Å². The van der Waals surface area contributed by atoms with Crippen molar-refractivity contribution < 1.29 is 23.7 Å². The van der Waals surface area contributed by atoms with Crippen LogP contribution in [0.25, 0.3) is 0 Å². The first-order chi connectivity index (χ1) is 13.3. The summed E-state index contributed by atoms with van der Waals surface area (Å²) < 4.78 is 35.1. The first-order valence-electron chi connectivity index (χ1n) is 9.52. The molecule has 0 heterocycles. The van der Waals surface area contributed by atoms with Crippen LogP contribution in [-0.2, 0) is 6.42 Å². The van der Waals surface area contributed by atoms with Gasteiger partial charge in [-0.1, -0.05) is 35.9 Å². The summed E-state index contributed by atoms with van der Waals surface area (Å²) in [5.41, 5.74) is 2.18. The zero-order chi connectivity index (χ0) is 20.3. The van der Waals surface area contributed by atoms with E-state index in [1.807, 2.05) is 31.2 Å². The monoisotopic (exact) mass is 410 g/mol. The molecule has 2 aromatic rings. The molecule has 3 nitrogen and oxygen atoms in total. The van der Waals surface area contributed by atoms with E-state index < -0.39 is 30.5 Å². The van der Waals surface area contributed by atoms with Crippen LogP contribution in [-0.4, -0.2) is 35.5 Å². The zero-order valence-electron chi connectivity index (χ0n) is 15.7. The summed E-state index contributed by atoms with van der Waals surface area (Å²) in [7, 11) is 0. The van der Waals surface area contributed by atoms with Gasteiger partial charge in [0.25, 0.3) is 5.92 Å². The number of rotatable bonds is 6. The van der Waals surface area contributed by atoms with Gasteiger partial charge in [-0.3, -0.25) is 0 Å². The van der Waals surface area contributed by atoms with Crippen molar-refractivity contribution >= 4 is 11.6 Å². The number of hydrogen-bond donors (Lipinski definition) is 2. The lowest BCUT2D eigenvalue weighted by atomic mass is 9.73. The summed E-state index contributed by atoms with van der Waals surface area (Å²) in [5, 5.41) is 19.9. The molecule has 0 aromatic heterocycles. The maximum atomic E-state index is 14.9. The van der Waals surface area contributed by atoms with E-state index in [2.05, 4.69) is 0 Å². The summed E-state index contributed by atoms with van der Waals surface area (Å²) in [4.78, 5) is 0. The number of aliphatic hydroxyl groups is 2. The highest BCUT2D eigenvalue weighted by atomic mass is 35.5. The lowest BCUT2D eigenvalue weighted by Gasteiger charge is -2.40. The molecule has 2 N–H and O–H groups in total. The molecular formula is C22H25ClF2O3. The molecule has 3 rings (SSSR count). The van der Waals surface area contributed by atoms with Crippen molar-refractivity contribution in [1.82, 2.24) is 0 Å². The molecule has 3 unspecified atom stereocenters. The molecule has 0 spiro atoms.